The van der Waals surface area contributed by atoms with E-state index in [1.54, 1.807) is 0 Å². The number of amides is 1. The first-order valence-corrected chi connectivity index (χ1v) is 10.5. The van der Waals surface area contributed by atoms with E-state index in [0.29, 0.717) is 25.3 Å². The van der Waals surface area contributed by atoms with Gasteiger partial charge in [0.25, 0.3) is 0 Å². The van der Waals surface area contributed by atoms with Crippen molar-refractivity contribution in [1.82, 2.24) is 5.32 Å². The summed E-state index contributed by atoms with van der Waals surface area (Å²) in [6, 6.07) is 20.6. The number of carbonyl (C=O) groups excluding carboxylic acids is 1. The molecule has 0 spiro atoms. The van der Waals surface area contributed by atoms with Gasteiger partial charge in [0.15, 0.2) is 0 Å². The first-order chi connectivity index (χ1) is 15.0. The van der Waals surface area contributed by atoms with Crippen molar-refractivity contribution in [2.24, 2.45) is 0 Å². The van der Waals surface area contributed by atoms with Gasteiger partial charge in [-0.1, -0.05) is 66.4 Å². The second kappa shape index (κ2) is 8.97. The van der Waals surface area contributed by atoms with E-state index in [4.69, 9.17) is 10.5 Å². The van der Waals surface area contributed by atoms with E-state index >= 15 is 0 Å². The van der Waals surface area contributed by atoms with Crippen LogP contribution in [0.3, 0.4) is 0 Å². The molecule has 4 nitrogen and oxygen atoms in total. The molecule has 0 radical (unpaired) electrons. The molecule has 0 aromatic heterocycles. The van der Waals surface area contributed by atoms with Crippen molar-refractivity contribution in [3.8, 4) is 23.0 Å². The molecule has 156 valence electrons. The monoisotopic (exact) mass is 410 g/mol. The first-order valence-electron chi connectivity index (χ1n) is 10.5. The molecule has 0 saturated heterocycles. The number of alkyl carbamates (subject to hydrolysis) is 1. The van der Waals surface area contributed by atoms with E-state index < -0.39 is 6.09 Å². The fourth-order valence-electron chi connectivity index (χ4n) is 4.12. The molecule has 3 N–H and O–H groups in total. The molecule has 0 atom stereocenters. The Morgan fingerprint density at radius 1 is 1.03 bits per heavy atom. The lowest BCUT2D eigenvalue weighted by Crippen LogP contribution is -2.26. The Morgan fingerprint density at radius 3 is 2.35 bits per heavy atom. The van der Waals surface area contributed by atoms with Gasteiger partial charge in [0.1, 0.15) is 6.61 Å². The third-order valence-electron chi connectivity index (χ3n) is 5.62. The van der Waals surface area contributed by atoms with E-state index in [2.05, 4.69) is 41.4 Å². The fraction of sp³-hybridized carbons (Fsp3) is 0.222. The van der Waals surface area contributed by atoms with Gasteiger partial charge in [-0.15, -0.1) is 0 Å². The van der Waals surface area contributed by atoms with Crippen LogP contribution < -0.4 is 11.1 Å². The van der Waals surface area contributed by atoms with Crippen molar-refractivity contribution >= 4 is 11.8 Å². The van der Waals surface area contributed by atoms with Gasteiger partial charge >= 0.3 is 6.09 Å². The smallest absolute Gasteiger partial charge is 0.407 e. The molecule has 3 aromatic rings. The minimum absolute atomic E-state index is 0.0606. The quantitative estimate of drug-likeness (QED) is 0.354. The zero-order valence-corrected chi connectivity index (χ0v) is 17.9. The average molecular weight is 411 g/mol. The van der Waals surface area contributed by atoms with Crippen LogP contribution in [0.25, 0.3) is 11.1 Å². The standard InChI is InChI=1S/C27H26N2O2/c1-18-15-19(2)26(28)20(16-18)9-7-8-14-29-27(30)31-17-25-23-12-5-3-10-21(23)22-11-4-6-13-24(22)25/h3-6,10-13,15-16,25H,8,14,17,28H2,1-2H3,(H,29,30). The number of nitrogen functional groups attached to an aromatic ring is 1. The number of aryl methyl sites for hydroxylation is 2. The summed E-state index contributed by atoms with van der Waals surface area (Å²) in [7, 11) is 0. The van der Waals surface area contributed by atoms with Crippen molar-refractivity contribution in [1.29, 1.82) is 0 Å². The van der Waals surface area contributed by atoms with Gasteiger partial charge in [0.05, 0.1) is 5.69 Å². The highest BCUT2D eigenvalue weighted by Crippen LogP contribution is 2.44. The van der Waals surface area contributed by atoms with Crippen LogP contribution >= 0.6 is 0 Å². The zero-order chi connectivity index (χ0) is 21.8. The SMILES string of the molecule is Cc1cc(C)c(N)c(C#CCCNC(=O)OCC2c3ccccc3-c3ccccc32)c1. The summed E-state index contributed by atoms with van der Waals surface area (Å²) in [5, 5.41) is 2.78. The maximum atomic E-state index is 12.2. The van der Waals surface area contributed by atoms with Crippen LogP contribution in [-0.4, -0.2) is 19.2 Å². The fourth-order valence-corrected chi connectivity index (χ4v) is 4.12. The molecular weight excluding hydrogens is 384 g/mol. The molecule has 1 aliphatic carbocycles. The van der Waals surface area contributed by atoms with Gasteiger partial charge < -0.3 is 15.8 Å². The van der Waals surface area contributed by atoms with Crippen LogP contribution in [0, 0.1) is 25.7 Å². The van der Waals surface area contributed by atoms with Crippen molar-refractivity contribution < 1.29 is 9.53 Å². The molecule has 31 heavy (non-hydrogen) atoms. The Morgan fingerprint density at radius 2 is 1.68 bits per heavy atom. The number of ether oxygens (including phenoxy) is 1. The van der Waals surface area contributed by atoms with Gasteiger partial charge in [-0.05, 0) is 53.3 Å². The minimum atomic E-state index is -0.422. The normalized spacial score (nSPS) is 11.8. The summed E-state index contributed by atoms with van der Waals surface area (Å²) < 4.78 is 5.54. The van der Waals surface area contributed by atoms with Crippen LogP contribution in [-0.2, 0) is 4.74 Å². The maximum absolute atomic E-state index is 12.2. The Labute approximate surface area is 183 Å². The molecule has 1 amide bonds. The second-order valence-electron chi connectivity index (χ2n) is 7.85. The Kier molecular flexibility index (Phi) is 5.95. The summed E-state index contributed by atoms with van der Waals surface area (Å²) in [4.78, 5) is 12.2. The number of fused-ring (bicyclic) bond motifs is 3. The van der Waals surface area contributed by atoms with E-state index in [9.17, 15) is 4.79 Å². The zero-order valence-electron chi connectivity index (χ0n) is 17.9. The number of rotatable bonds is 4. The highest BCUT2D eigenvalue weighted by molar-refractivity contribution is 5.79. The molecule has 0 saturated carbocycles. The molecular formula is C27H26N2O2. The third kappa shape index (κ3) is 4.41. The highest BCUT2D eigenvalue weighted by Gasteiger charge is 2.28. The predicted molar refractivity (Wildman–Crippen MR) is 125 cm³/mol. The summed E-state index contributed by atoms with van der Waals surface area (Å²) >= 11 is 0. The summed E-state index contributed by atoms with van der Waals surface area (Å²) in [6.07, 6.45) is 0.103. The number of anilines is 1. The third-order valence-corrected chi connectivity index (χ3v) is 5.62. The number of nitrogens with two attached hydrogens (primary N) is 1. The number of hydrogen-bond donors (Lipinski definition) is 2. The van der Waals surface area contributed by atoms with Crippen molar-refractivity contribution in [3.05, 3.63) is 88.5 Å². The van der Waals surface area contributed by atoms with Gasteiger partial charge in [-0.25, -0.2) is 4.79 Å². The van der Waals surface area contributed by atoms with Crippen molar-refractivity contribution in [2.45, 2.75) is 26.2 Å². The number of nitrogens with one attached hydrogen (secondary N) is 1. The van der Waals surface area contributed by atoms with Crippen molar-refractivity contribution in [3.63, 3.8) is 0 Å². The lowest BCUT2D eigenvalue weighted by Gasteiger charge is -2.14. The molecule has 3 aromatic carbocycles. The molecule has 4 heteroatoms. The average Bonchev–Trinajstić information content (AvgIpc) is 3.09. The Hall–Kier alpha value is -3.71. The van der Waals surface area contributed by atoms with Crippen LogP contribution in [0.4, 0.5) is 10.5 Å². The van der Waals surface area contributed by atoms with Gasteiger partial charge in [0, 0.05) is 24.4 Å². The lowest BCUT2D eigenvalue weighted by atomic mass is 9.98. The topological polar surface area (TPSA) is 64.3 Å². The summed E-state index contributed by atoms with van der Waals surface area (Å²) in [6.45, 7) is 4.74. The van der Waals surface area contributed by atoms with E-state index in [-0.39, 0.29) is 5.92 Å². The van der Waals surface area contributed by atoms with Gasteiger partial charge in [0.2, 0.25) is 0 Å². The lowest BCUT2D eigenvalue weighted by molar-refractivity contribution is 0.143. The number of hydrogen-bond acceptors (Lipinski definition) is 3. The van der Waals surface area contributed by atoms with E-state index in [0.717, 1.165) is 16.7 Å². The van der Waals surface area contributed by atoms with Gasteiger partial charge in [-0.2, -0.15) is 0 Å². The van der Waals surface area contributed by atoms with Crippen LogP contribution in [0.2, 0.25) is 0 Å². The largest absolute Gasteiger partial charge is 0.449 e. The van der Waals surface area contributed by atoms with E-state index in [1.807, 2.05) is 50.2 Å². The predicted octanol–water partition coefficient (Wildman–Crippen LogP) is 5.17. The molecule has 1 aliphatic rings. The Bertz CT molecular complexity index is 1140. The second-order valence-corrected chi connectivity index (χ2v) is 7.85. The minimum Gasteiger partial charge on any atom is -0.449 e. The van der Waals surface area contributed by atoms with Crippen LogP contribution in [0.5, 0.6) is 0 Å². The number of carbonyl (C=O) groups is 1. The molecule has 4 rings (SSSR count). The summed E-state index contributed by atoms with van der Waals surface area (Å²) in [5.74, 6) is 6.24. The van der Waals surface area contributed by atoms with E-state index in [1.165, 1.54) is 22.3 Å². The number of benzene rings is 3. The molecule has 0 fully saturated rings. The molecule has 0 unspecified atom stereocenters. The maximum Gasteiger partial charge on any atom is 0.407 e. The van der Waals surface area contributed by atoms with Crippen LogP contribution in [0.15, 0.2) is 60.7 Å². The first kappa shape index (κ1) is 20.6. The molecule has 0 heterocycles. The highest BCUT2D eigenvalue weighted by atomic mass is 16.5. The summed E-state index contributed by atoms with van der Waals surface area (Å²) in [5.41, 5.74) is 14.6. The molecule has 0 aliphatic heterocycles. The van der Waals surface area contributed by atoms with Crippen molar-refractivity contribution in [2.75, 3.05) is 18.9 Å². The van der Waals surface area contributed by atoms with Crippen LogP contribution in [0.1, 0.15) is 40.2 Å². The Balaban J connectivity index is 1.30. The molecule has 0 bridgehead atoms. The van der Waals surface area contributed by atoms with Gasteiger partial charge in [-0.3, -0.25) is 0 Å².